The van der Waals surface area contributed by atoms with Gasteiger partial charge >= 0.3 is 0 Å². The van der Waals surface area contributed by atoms with E-state index in [9.17, 15) is 0 Å². The van der Waals surface area contributed by atoms with E-state index in [4.69, 9.17) is 19.7 Å². The molecule has 0 radical (unpaired) electrons. The van der Waals surface area contributed by atoms with Crippen molar-refractivity contribution in [1.29, 1.82) is 0 Å². The molecule has 0 bridgehead atoms. The molecule has 0 spiro atoms. The summed E-state index contributed by atoms with van der Waals surface area (Å²) >= 11 is 0. The Morgan fingerprint density at radius 3 is 2.15 bits per heavy atom. The number of aliphatic hydroxyl groups is 2. The number of epoxide rings is 1. The van der Waals surface area contributed by atoms with E-state index in [1.54, 1.807) is 0 Å². The van der Waals surface area contributed by atoms with Crippen LogP contribution in [-0.2, 0) is 31.2 Å². The average molecular weight is 227 g/mol. The summed E-state index contributed by atoms with van der Waals surface area (Å²) in [7, 11) is 2.00. The number of rotatable bonds is 4. The summed E-state index contributed by atoms with van der Waals surface area (Å²) in [4.78, 5) is 0. The summed E-state index contributed by atoms with van der Waals surface area (Å²) in [6.45, 7) is 6.05. The Kier molecular flexibility index (Phi) is 27.1. The Balaban J connectivity index is -0.000000178. The van der Waals surface area contributed by atoms with Gasteiger partial charge in [0.25, 0.3) is 0 Å². The zero-order valence-corrected chi connectivity index (χ0v) is 9.89. The van der Waals surface area contributed by atoms with Crippen molar-refractivity contribution < 1.29 is 41.4 Å². The maximum absolute atomic E-state index is 7.00. The summed E-state index contributed by atoms with van der Waals surface area (Å²) in [5, 5.41) is 14.0. The van der Waals surface area contributed by atoms with Crippen LogP contribution in [0.15, 0.2) is 0 Å². The molecule has 80 valence electrons. The summed E-state index contributed by atoms with van der Waals surface area (Å²) in [5.41, 5.74) is 0. The molecule has 1 rings (SSSR count). The fraction of sp³-hybridized carbons (Fsp3) is 0.875. The van der Waals surface area contributed by atoms with E-state index in [0.717, 1.165) is 40.5 Å². The second kappa shape index (κ2) is 18.4. The fourth-order valence-corrected chi connectivity index (χ4v) is 0.481. The van der Waals surface area contributed by atoms with Crippen LogP contribution in [0.1, 0.15) is 6.42 Å². The largest absolute Gasteiger partial charge is 0.400 e. The monoisotopic (exact) mass is 227 g/mol. The van der Waals surface area contributed by atoms with Gasteiger partial charge in [0.15, 0.2) is 0 Å². The maximum Gasteiger partial charge on any atom is 0.104 e. The van der Waals surface area contributed by atoms with Crippen molar-refractivity contribution in [3.63, 3.8) is 0 Å². The van der Waals surface area contributed by atoms with Crippen molar-refractivity contribution in [2.75, 3.05) is 34.0 Å². The molecular weight excluding hydrogens is 208 g/mol. The second-order valence-corrected chi connectivity index (χ2v) is 1.88. The van der Waals surface area contributed by atoms with E-state index in [1.807, 2.05) is 0 Å². The van der Waals surface area contributed by atoms with Gasteiger partial charge in [-0.1, -0.05) is 0 Å². The molecule has 0 amide bonds. The average Bonchev–Trinajstić information content (AvgIpc) is 2.96. The predicted octanol–water partition coefficient (Wildman–Crippen LogP) is -0.160. The molecule has 13 heavy (non-hydrogen) atoms. The van der Waals surface area contributed by atoms with Crippen LogP contribution in [0.25, 0.3) is 0 Å². The van der Waals surface area contributed by atoms with Crippen molar-refractivity contribution in [2.45, 2.75) is 12.5 Å². The first-order valence-corrected chi connectivity index (χ1v) is 3.81. The Hall–Kier alpha value is 0.554. The smallest absolute Gasteiger partial charge is 0.104 e. The number of ether oxygens (including phenoxy) is 2. The second-order valence-electron chi connectivity index (χ2n) is 1.88. The predicted molar refractivity (Wildman–Crippen MR) is 46.8 cm³/mol. The minimum absolute atomic E-state index is 0. The van der Waals surface area contributed by atoms with E-state index < -0.39 is 0 Å². The molecule has 0 aromatic heterocycles. The van der Waals surface area contributed by atoms with Gasteiger partial charge < -0.3 is 26.6 Å². The first-order valence-electron chi connectivity index (χ1n) is 3.81. The first kappa shape index (κ1) is 19.2. The van der Waals surface area contributed by atoms with Crippen LogP contribution in [0, 0.1) is 6.92 Å². The van der Waals surface area contributed by atoms with E-state index in [2.05, 4.69) is 6.92 Å². The molecule has 1 aliphatic rings. The molecule has 2 N–H and O–H groups in total. The van der Waals surface area contributed by atoms with Crippen LogP contribution in [0.3, 0.4) is 0 Å². The third kappa shape index (κ3) is 19.1. The van der Waals surface area contributed by atoms with Gasteiger partial charge in [-0.3, -0.25) is 0 Å². The van der Waals surface area contributed by atoms with Crippen LogP contribution < -0.4 is 0 Å². The van der Waals surface area contributed by atoms with Crippen molar-refractivity contribution in [3.8, 4) is 0 Å². The van der Waals surface area contributed by atoms with Crippen molar-refractivity contribution >= 4 is 0 Å². The van der Waals surface area contributed by atoms with Crippen LogP contribution in [-0.4, -0.2) is 50.4 Å². The van der Waals surface area contributed by atoms with Gasteiger partial charge in [0.1, 0.15) is 6.10 Å². The summed E-state index contributed by atoms with van der Waals surface area (Å²) < 4.78 is 10.0. The number of hydrogen-bond donors (Lipinski definition) is 2. The van der Waals surface area contributed by atoms with E-state index in [-0.39, 0.29) is 21.7 Å². The normalized spacial score (nSPS) is 16.8. The summed E-state index contributed by atoms with van der Waals surface area (Å²) in [6, 6.07) is 0. The zero-order valence-electron chi connectivity index (χ0n) is 8.32. The molecule has 1 atom stereocenters. The van der Waals surface area contributed by atoms with Gasteiger partial charge in [-0.15, -0.1) is 0 Å². The Morgan fingerprint density at radius 2 is 1.85 bits per heavy atom. The SMILES string of the molecule is CO.CO.[CH2-]CCOCC1CO1.[Ti]. The molecule has 0 aromatic rings. The molecule has 0 saturated carbocycles. The first-order chi connectivity index (χ1) is 5.93. The summed E-state index contributed by atoms with van der Waals surface area (Å²) in [6.07, 6.45) is 1.26. The Bertz CT molecular complexity index is 69.2. The van der Waals surface area contributed by atoms with Crippen molar-refractivity contribution in [2.24, 2.45) is 0 Å². The fourth-order valence-electron chi connectivity index (χ4n) is 0.481. The molecule has 1 aliphatic heterocycles. The molecule has 0 aliphatic carbocycles. The van der Waals surface area contributed by atoms with Crippen LogP contribution in [0.4, 0.5) is 0 Å². The third-order valence-electron chi connectivity index (χ3n) is 0.995. The zero-order chi connectivity index (χ0) is 9.82. The molecule has 5 heteroatoms. The third-order valence-corrected chi connectivity index (χ3v) is 0.995. The number of aliphatic hydroxyl groups excluding tert-OH is 2. The van der Waals surface area contributed by atoms with Crippen LogP contribution in [0.5, 0.6) is 0 Å². The van der Waals surface area contributed by atoms with Gasteiger partial charge in [0.2, 0.25) is 0 Å². The van der Waals surface area contributed by atoms with Crippen LogP contribution >= 0.6 is 0 Å². The maximum atomic E-state index is 7.00. The van der Waals surface area contributed by atoms with E-state index >= 15 is 0 Å². The molecule has 0 aromatic carbocycles. The standard InChI is InChI=1S/C6H11O2.2CH4O.Ti/c1-2-3-7-4-6-5-8-6;2*1-2;/h6H,1-5H2;2*2H,1H3;/q-1;;;. The Morgan fingerprint density at radius 1 is 1.38 bits per heavy atom. The van der Waals surface area contributed by atoms with Gasteiger partial charge in [-0.25, -0.2) is 0 Å². The van der Waals surface area contributed by atoms with E-state index in [1.165, 1.54) is 0 Å². The van der Waals surface area contributed by atoms with Crippen molar-refractivity contribution in [1.82, 2.24) is 0 Å². The Labute approximate surface area is 95.1 Å². The quantitative estimate of drug-likeness (QED) is 0.303. The molecule has 1 fully saturated rings. The van der Waals surface area contributed by atoms with Gasteiger partial charge in [0, 0.05) is 42.5 Å². The molecule has 1 saturated heterocycles. The van der Waals surface area contributed by atoms with Gasteiger partial charge in [-0.05, 0) is 0 Å². The van der Waals surface area contributed by atoms with Crippen LogP contribution in [0.2, 0.25) is 0 Å². The van der Waals surface area contributed by atoms with E-state index in [0.29, 0.717) is 6.10 Å². The number of hydrogen-bond acceptors (Lipinski definition) is 4. The summed E-state index contributed by atoms with van der Waals surface area (Å²) in [5.74, 6) is 0. The molecular formula is C8H19O4Ti-. The van der Waals surface area contributed by atoms with Crippen molar-refractivity contribution in [3.05, 3.63) is 6.92 Å². The minimum atomic E-state index is 0. The molecule has 4 nitrogen and oxygen atoms in total. The van der Waals surface area contributed by atoms with Gasteiger partial charge in [0.05, 0.1) is 13.2 Å². The molecule has 1 heterocycles. The molecule has 1 unspecified atom stereocenters. The van der Waals surface area contributed by atoms with Gasteiger partial charge in [-0.2, -0.15) is 6.42 Å². The topological polar surface area (TPSA) is 62.2 Å². The minimum Gasteiger partial charge on any atom is -0.400 e.